The molecule has 0 radical (unpaired) electrons. The summed E-state index contributed by atoms with van der Waals surface area (Å²) in [5, 5.41) is 15.2. The lowest BCUT2D eigenvalue weighted by Gasteiger charge is -2.43. The minimum absolute atomic E-state index is 0.153. The van der Waals surface area contributed by atoms with Crippen molar-refractivity contribution in [1.82, 2.24) is 19.6 Å². The largest absolute Gasteiger partial charge is 0.481 e. The third kappa shape index (κ3) is 4.96. The molecule has 3 aliphatic rings. The molecule has 1 spiro atoms. The number of aromatic nitrogens is 2. The van der Waals surface area contributed by atoms with Crippen LogP contribution in [-0.4, -0.2) is 74.9 Å². The number of benzene rings is 2. The first-order chi connectivity index (χ1) is 19.0. The lowest BCUT2D eigenvalue weighted by atomic mass is 9.85. The van der Waals surface area contributed by atoms with E-state index in [9.17, 15) is 14.7 Å². The smallest absolute Gasteiger partial charge is 0.310 e. The minimum Gasteiger partial charge on any atom is -0.481 e. The van der Waals surface area contributed by atoms with Crippen molar-refractivity contribution in [2.24, 2.45) is 5.92 Å². The van der Waals surface area contributed by atoms with Crippen molar-refractivity contribution in [3.8, 4) is 0 Å². The summed E-state index contributed by atoms with van der Waals surface area (Å²) in [5.41, 5.74) is 2.56. The summed E-state index contributed by atoms with van der Waals surface area (Å²) in [7, 11) is 0. The van der Waals surface area contributed by atoms with Gasteiger partial charge in [-0.3, -0.25) is 14.3 Å². The molecule has 8 nitrogen and oxygen atoms in total. The Hall–Kier alpha value is -3.91. The number of likely N-dealkylation sites (tertiary alicyclic amines) is 1. The number of fused-ring (bicyclic) bond motifs is 1. The van der Waals surface area contributed by atoms with Crippen molar-refractivity contribution in [3.63, 3.8) is 0 Å². The molecule has 2 aromatic carbocycles. The van der Waals surface area contributed by atoms with Crippen LogP contribution in [0.1, 0.15) is 25.7 Å². The van der Waals surface area contributed by atoms with Crippen LogP contribution in [0.5, 0.6) is 0 Å². The highest BCUT2D eigenvalue weighted by atomic mass is 16.4. The Labute approximate surface area is 228 Å². The first-order valence-corrected chi connectivity index (χ1v) is 13.9. The van der Waals surface area contributed by atoms with Crippen molar-refractivity contribution in [1.29, 1.82) is 0 Å². The van der Waals surface area contributed by atoms with E-state index in [2.05, 4.69) is 49.9 Å². The Kier molecular flexibility index (Phi) is 6.95. The molecule has 2 fully saturated rings. The Morgan fingerprint density at radius 2 is 1.79 bits per heavy atom. The fraction of sp³-hybridized carbons (Fsp3) is 0.387. The molecule has 0 saturated carbocycles. The Morgan fingerprint density at radius 1 is 1.03 bits per heavy atom. The minimum atomic E-state index is -0.819. The van der Waals surface area contributed by atoms with Gasteiger partial charge in [-0.2, -0.15) is 5.10 Å². The van der Waals surface area contributed by atoms with E-state index in [4.69, 9.17) is 0 Å². The molecular formula is C31H35N5O3. The summed E-state index contributed by atoms with van der Waals surface area (Å²) in [4.78, 5) is 32.2. The summed E-state index contributed by atoms with van der Waals surface area (Å²) in [5.74, 6) is -1.19. The van der Waals surface area contributed by atoms with E-state index in [1.54, 1.807) is 6.08 Å². The van der Waals surface area contributed by atoms with E-state index in [1.807, 2.05) is 47.5 Å². The number of hydrogen-bond donors (Lipinski definition) is 1. The van der Waals surface area contributed by atoms with Gasteiger partial charge in [0.15, 0.2) is 0 Å². The van der Waals surface area contributed by atoms with Gasteiger partial charge in [0, 0.05) is 37.3 Å². The fourth-order valence-electron chi connectivity index (χ4n) is 6.36. The number of anilines is 1. The molecular weight excluding hydrogens is 490 g/mol. The maximum Gasteiger partial charge on any atom is 0.310 e. The van der Waals surface area contributed by atoms with Gasteiger partial charge in [-0.25, -0.2) is 0 Å². The molecule has 1 amide bonds. The van der Waals surface area contributed by atoms with Crippen LogP contribution in [0.15, 0.2) is 84.6 Å². The molecule has 1 N–H and O–H groups in total. The quantitative estimate of drug-likeness (QED) is 0.476. The molecule has 6 rings (SSSR count). The number of carboxylic acids is 1. The second-order valence-electron chi connectivity index (χ2n) is 10.9. The van der Waals surface area contributed by atoms with Gasteiger partial charge < -0.3 is 19.8 Å². The number of para-hydroxylation sites is 2. The van der Waals surface area contributed by atoms with Gasteiger partial charge in [-0.1, -0.05) is 54.6 Å². The van der Waals surface area contributed by atoms with E-state index in [1.165, 1.54) is 10.9 Å². The average Bonchev–Trinajstić information content (AvgIpc) is 3.49. The molecule has 3 heterocycles. The van der Waals surface area contributed by atoms with Crippen molar-refractivity contribution in [2.75, 3.05) is 37.7 Å². The van der Waals surface area contributed by atoms with Crippen LogP contribution in [0, 0.1) is 5.92 Å². The van der Waals surface area contributed by atoms with Crippen LogP contribution in [0.3, 0.4) is 0 Å². The summed E-state index contributed by atoms with van der Waals surface area (Å²) in [6, 6.07) is 18.5. The SMILES string of the molecule is O=C(O)C1C=C(CN2CN(c3ccccc3)C3(CCN(CCCn4ncc5ccccc54)CC3)C2=O)C=CC1. The molecule has 3 aromatic rings. The second-order valence-corrected chi connectivity index (χ2v) is 10.9. The number of carbonyl (C=O) groups excluding carboxylic acids is 1. The number of nitrogens with zero attached hydrogens (tertiary/aromatic N) is 5. The molecule has 0 bridgehead atoms. The second kappa shape index (κ2) is 10.7. The average molecular weight is 526 g/mol. The normalized spacial score (nSPS) is 21.2. The van der Waals surface area contributed by atoms with Gasteiger partial charge in [0.05, 0.1) is 24.3 Å². The predicted octanol–water partition coefficient (Wildman–Crippen LogP) is 4.15. The third-order valence-corrected chi connectivity index (χ3v) is 8.49. The number of aryl methyl sites for hydroxylation is 1. The summed E-state index contributed by atoms with van der Waals surface area (Å²) in [6.07, 6.45) is 10.7. The van der Waals surface area contributed by atoms with Gasteiger partial charge in [0.1, 0.15) is 5.54 Å². The molecule has 1 aliphatic carbocycles. The zero-order chi connectivity index (χ0) is 26.8. The van der Waals surface area contributed by atoms with Crippen LogP contribution in [-0.2, 0) is 16.1 Å². The van der Waals surface area contributed by atoms with Gasteiger partial charge in [0.25, 0.3) is 0 Å². The Balaban J connectivity index is 1.13. The lowest BCUT2D eigenvalue weighted by molar-refractivity contribution is -0.140. The third-order valence-electron chi connectivity index (χ3n) is 8.49. The lowest BCUT2D eigenvalue weighted by Crippen LogP contribution is -2.56. The van der Waals surface area contributed by atoms with Gasteiger partial charge >= 0.3 is 5.97 Å². The van der Waals surface area contributed by atoms with Crippen molar-refractivity contribution in [3.05, 3.63) is 84.6 Å². The maximum absolute atomic E-state index is 14.0. The highest BCUT2D eigenvalue weighted by Crippen LogP contribution is 2.40. The fourth-order valence-corrected chi connectivity index (χ4v) is 6.36. The molecule has 202 valence electrons. The van der Waals surface area contributed by atoms with E-state index in [0.29, 0.717) is 19.6 Å². The molecule has 39 heavy (non-hydrogen) atoms. The zero-order valence-electron chi connectivity index (χ0n) is 22.2. The van der Waals surface area contributed by atoms with Gasteiger partial charge in [0.2, 0.25) is 5.91 Å². The molecule has 1 atom stereocenters. The van der Waals surface area contributed by atoms with Crippen LogP contribution in [0.4, 0.5) is 5.69 Å². The molecule has 2 aliphatic heterocycles. The van der Waals surface area contributed by atoms with Gasteiger partial charge in [-0.05, 0) is 56.0 Å². The van der Waals surface area contributed by atoms with Crippen LogP contribution in [0.25, 0.3) is 10.9 Å². The van der Waals surface area contributed by atoms with E-state index in [-0.39, 0.29) is 5.91 Å². The number of rotatable bonds is 8. The number of carboxylic acid groups (broad SMARTS) is 1. The number of piperidine rings is 1. The first-order valence-electron chi connectivity index (χ1n) is 13.9. The van der Waals surface area contributed by atoms with E-state index >= 15 is 0 Å². The zero-order valence-corrected chi connectivity index (χ0v) is 22.2. The predicted molar refractivity (Wildman–Crippen MR) is 151 cm³/mol. The highest BCUT2D eigenvalue weighted by Gasteiger charge is 2.53. The van der Waals surface area contributed by atoms with Crippen molar-refractivity contribution < 1.29 is 14.7 Å². The number of amides is 1. The molecule has 1 unspecified atom stereocenters. The first kappa shape index (κ1) is 25.4. The number of allylic oxidation sites excluding steroid dienone is 1. The number of aliphatic carboxylic acids is 1. The van der Waals surface area contributed by atoms with Crippen LogP contribution in [0.2, 0.25) is 0 Å². The monoisotopic (exact) mass is 525 g/mol. The summed E-state index contributed by atoms with van der Waals surface area (Å²) in [6.45, 7) is 4.53. The number of hydrogen-bond acceptors (Lipinski definition) is 5. The van der Waals surface area contributed by atoms with Crippen molar-refractivity contribution in [2.45, 2.75) is 37.8 Å². The maximum atomic E-state index is 14.0. The highest BCUT2D eigenvalue weighted by molar-refractivity contribution is 5.94. The molecule has 8 heteroatoms. The van der Waals surface area contributed by atoms with Crippen LogP contribution >= 0.6 is 0 Å². The van der Waals surface area contributed by atoms with Crippen molar-refractivity contribution >= 4 is 28.5 Å². The van der Waals surface area contributed by atoms with Gasteiger partial charge in [-0.15, -0.1) is 0 Å². The number of carbonyl (C=O) groups is 2. The van der Waals surface area contributed by atoms with E-state index < -0.39 is 17.4 Å². The Bertz CT molecular complexity index is 1400. The Morgan fingerprint density at radius 3 is 2.59 bits per heavy atom. The summed E-state index contributed by atoms with van der Waals surface area (Å²) >= 11 is 0. The van der Waals surface area contributed by atoms with E-state index in [0.717, 1.165) is 56.7 Å². The van der Waals surface area contributed by atoms with Crippen LogP contribution < -0.4 is 4.90 Å². The molecule has 1 aromatic heterocycles. The molecule has 2 saturated heterocycles. The standard InChI is InChI=1S/C31H35N5O3/c37-29(38)25-10-6-8-24(20-25)22-34-23-35(27-11-2-1-3-12-27)31(30(34)39)14-18-33(19-15-31)16-7-17-36-28-13-5-4-9-26(28)21-32-36/h1-6,8-9,11-13,20-21,25H,7,10,14-19,22-23H2,(H,37,38). The summed E-state index contributed by atoms with van der Waals surface area (Å²) < 4.78 is 2.08. The topological polar surface area (TPSA) is 81.9 Å².